The Bertz CT molecular complexity index is 729. The smallest absolute Gasteiger partial charge is 0.313 e. The Labute approximate surface area is 151 Å². The average Bonchev–Trinajstić information content (AvgIpc) is 3.13. The lowest BCUT2D eigenvalue weighted by atomic mass is 10.0. The van der Waals surface area contributed by atoms with E-state index in [1.807, 2.05) is 31.4 Å². The van der Waals surface area contributed by atoms with Crippen molar-refractivity contribution in [3.05, 3.63) is 40.6 Å². The number of hydrogen-bond donors (Lipinski definition) is 2. The Balaban J connectivity index is 2.11. The first-order chi connectivity index (χ1) is 12.0. The highest BCUT2D eigenvalue weighted by Crippen LogP contribution is 2.29. The topological polar surface area (TPSA) is 76.7 Å². The lowest BCUT2D eigenvalue weighted by molar-refractivity contribution is -0.136. The fourth-order valence-electron chi connectivity index (χ4n) is 2.33. The molecule has 0 saturated carbocycles. The molecule has 2 amide bonds. The molecule has 0 aliphatic heterocycles. The molecular formula is C18H22N2O4S. The Morgan fingerprint density at radius 1 is 1.08 bits per heavy atom. The maximum absolute atomic E-state index is 12.3. The van der Waals surface area contributed by atoms with Gasteiger partial charge in [0.1, 0.15) is 11.5 Å². The third-order valence-corrected chi connectivity index (χ3v) is 4.62. The molecule has 2 rings (SSSR count). The molecule has 134 valence electrons. The van der Waals surface area contributed by atoms with Crippen LogP contribution in [-0.4, -0.2) is 26.0 Å². The summed E-state index contributed by atoms with van der Waals surface area (Å²) >= 11 is 1.55. The summed E-state index contributed by atoms with van der Waals surface area (Å²) < 4.78 is 10.3. The molecule has 2 N–H and O–H groups in total. The third-order valence-electron chi connectivity index (χ3n) is 3.66. The maximum atomic E-state index is 12.3. The van der Waals surface area contributed by atoms with Crippen molar-refractivity contribution in [2.24, 2.45) is 5.92 Å². The largest absolute Gasteiger partial charge is 0.497 e. The number of thiophene rings is 1. The zero-order chi connectivity index (χ0) is 18.4. The van der Waals surface area contributed by atoms with Gasteiger partial charge in [0.05, 0.1) is 25.9 Å². The molecule has 0 aliphatic rings. The molecule has 1 atom stereocenters. The van der Waals surface area contributed by atoms with Gasteiger partial charge in [-0.25, -0.2) is 0 Å². The lowest BCUT2D eigenvalue weighted by Crippen LogP contribution is -2.39. The van der Waals surface area contributed by atoms with Crippen LogP contribution in [0, 0.1) is 5.92 Å². The van der Waals surface area contributed by atoms with Crippen molar-refractivity contribution in [3.63, 3.8) is 0 Å². The Hall–Kier alpha value is -2.54. The molecule has 1 aromatic heterocycles. The average molecular weight is 362 g/mol. The van der Waals surface area contributed by atoms with Crippen molar-refractivity contribution >= 4 is 28.8 Å². The van der Waals surface area contributed by atoms with E-state index in [1.54, 1.807) is 29.5 Å². The summed E-state index contributed by atoms with van der Waals surface area (Å²) in [6, 6.07) is 8.62. The van der Waals surface area contributed by atoms with E-state index in [2.05, 4.69) is 10.6 Å². The first kappa shape index (κ1) is 18.8. The van der Waals surface area contributed by atoms with Crippen molar-refractivity contribution in [2.75, 3.05) is 19.5 Å². The quantitative estimate of drug-likeness (QED) is 0.774. The summed E-state index contributed by atoms with van der Waals surface area (Å²) in [6.45, 7) is 3.99. The van der Waals surface area contributed by atoms with E-state index in [1.165, 1.54) is 14.2 Å². The predicted octanol–water partition coefficient (Wildman–Crippen LogP) is 3.22. The van der Waals surface area contributed by atoms with Crippen LogP contribution in [0.4, 0.5) is 5.69 Å². The number of hydrogen-bond acceptors (Lipinski definition) is 5. The predicted molar refractivity (Wildman–Crippen MR) is 98.2 cm³/mol. The van der Waals surface area contributed by atoms with E-state index in [0.717, 1.165) is 4.88 Å². The number of methoxy groups -OCH3 is 2. The van der Waals surface area contributed by atoms with Gasteiger partial charge in [-0.3, -0.25) is 9.59 Å². The molecule has 6 nitrogen and oxygen atoms in total. The summed E-state index contributed by atoms with van der Waals surface area (Å²) in [5.41, 5.74) is 0.374. The molecule has 2 aromatic rings. The van der Waals surface area contributed by atoms with Gasteiger partial charge in [0.2, 0.25) is 0 Å². The van der Waals surface area contributed by atoms with Crippen LogP contribution in [-0.2, 0) is 9.59 Å². The monoisotopic (exact) mass is 362 g/mol. The summed E-state index contributed by atoms with van der Waals surface area (Å²) in [5.74, 6) is -0.303. The zero-order valence-electron chi connectivity index (χ0n) is 14.7. The number of carbonyl (C=O) groups is 2. The third kappa shape index (κ3) is 4.73. The van der Waals surface area contributed by atoms with Crippen molar-refractivity contribution < 1.29 is 19.1 Å². The second-order valence-corrected chi connectivity index (χ2v) is 6.71. The standard InChI is InChI=1S/C18H22N2O4S/c1-11(2)16(15-6-5-9-25-15)20-18(22)17(21)19-13-10-12(23-3)7-8-14(13)24-4/h5-11,16H,1-4H3,(H,19,21)(H,20,22). The van der Waals surface area contributed by atoms with Gasteiger partial charge < -0.3 is 20.1 Å². The summed E-state index contributed by atoms with van der Waals surface area (Å²) in [4.78, 5) is 25.6. The molecular weight excluding hydrogens is 340 g/mol. The fraction of sp³-hybridized carbons (Fsp3) is 0.333. The van der Waals surface area contributed by atoms with E-state index in [9.17, 15) is 9.59 Å². The van der Waals surface area contributed by atoms with Gasteiger partial charge in [0.15, 0.2) is 0 Å². The Kier molecular flexibility index (Phi) is 6.41. The fourth-order valence-corrected chi connectivity index (χ4v) is 3.28. The highest BCUT2D eigenvalue weighted by Gasteiger charge is 2.24. The van der Waals surface area contributed by atoms with Gasteiger partial charge in [-0.2, -0.15) is 0 Å². The van der Waals surface area contributed by atoms with Crippen LogP contribution in [0.5, 0.6) is 11.5 Å². The first-order valence-electron chi connectivity index (χ1n) is 7.83. The van der Waals surface area contributed by atoms with Crippen LogP contribution >= 0.6 is 11.3 Å². The minimum atomic E-state index is -0.756. The van der Waals surface area contributed by atoms with Gasteiger partial charge in [0.25, 0.3) is 0 Å². The number of ether oxygens (including phenoxy) is 2. The number of rotatable bonds is 6. The molecule has 1 aromatic carbocycles. The molecule has 0 saturated heterocycles. The minimum absolute atomic E-state index is 0.154. The normalized spacial score (nSPS) is 11.7. The second-order valence-electron chi connectivity index (χ2n) is 5.73. The lowest BCUT2D eigenvalue weighted by Gasteiger charge is -2.21. The van der Waals surface area contributed by atoms with Crippen LogP contribution in [0.3, 0.4) is 0 Å². The maximum Gasteiger partial charge on any atom is 0.313 e. The molecule has 0 fully saturated rings. The molecule has 7 heteroatoms. The van der Waals surface area contributed by atoms with Crippen LogP contribution in [0.15, 0.2) is 35.7 Å². The Morgan fingerprint density at radius 2 is 1.84 bits per heavy atom. The molecule has 1 heterocycles. The number of amides is 2. The number of carbonyl (C=O) groups excluding carboxylic acids is 2. The van der Waals surface area contributed by atoms with Crippen LogP contribution in [0.2, 0.25) is 0 Å². The highest BCUT2D eigenvalue weighted by atomic mass is 32.1. The number of anilines is 1. The van der Waals surface area contributed by atoms with Gasteiger partial charge >= 0.3 is 11.8 Å². The van der Waals surface area contributed by atoms with Gasteiger partial charge in [-0.1, -0.05) is 19.9 Å². The summed E-state index contributed by atoms with van der Waals surface area (Å²) in [7, 11) is 3.01. The molecule has 0 spiro atoms. The number of nitrogens with one attached hydrogen (secondary N) is 2. The van der Waals surface area contributed by atoms with E-state index in [-0.39, 0.29) is 12.0 Å². The molecule has 0 radical (unpaired) electrons. The minimum Gasteiger partial charge on any atom is -0.497 e. The molecule has 25 heavy (non-hydrogen) atoms. The van der Waals surface area contributed by atoms with Crippen molar-refractivity contribution in [3.8, 4) is 11.5 Å². The van der Waals surface area contributed by atoms with Crippen molar-refractivity contribution in [1.82, 2.24) is 5.32 Å². The van der Waals surface area contributed by atoms with Gasteiger partial charge in [0, 0.05) is 10.9 Å². The van der Waals surface area contributed by atoms with Crippen LogP contribution in [0.1, 0.15) is 24.8 Å². The van der Waals surface area contributed by atoms with E-state index in [4.69, 9.17) is 9.47 Å². The summed E-state index contributed by atoms with van der Waals surface area (Å²) in [6.07, 6.45) is 0. The molecule has 0 bridgehead atoms. The first-order valence-corrected chi connectivity index (χ1v) is 8.71. The SMILES string of the molecule is COc1ccc(OC)c(NC(=O)C(=O)NC(c2cccs2)C(C)C)c1. The number of benzene rings is 1. The van der Waals surface area contributed by atoms with E-state index < -0.39 is 11.8 Å². The van der Waals surface area contributed by atoms with Crippen LogP contribution < -0.4 is 20.1 Å². The van der Waals surface area contributed by atoms with Gasteiger partial charge in [-0.05, 0) is 29.5 Å². The van der Waals surface area contributed by atoms with Crippen molar-refractivity contribution in [2.45, 2.75) is 19.9 Å². The summed E-state index contributed by atoms with van der Waals surface area (Å²) in [5, 5.41) is 7.31. The zero-order valence-corrected chi connectivity index (χ0v) is 15.5. The second kappa shape index (κ2) is 8.53. The van der Waals surface area contributed by atoms with Crippen LogP contribution in [0.25, 0.3) is 0 Å². The van der Waals surface area contributed by atoms with Gasteiger partial charge in [-0.15, -0.1) is 11.3 Å². The van der Waals surface area contributed by atoms with E-state index >= 15 is 0 Å². The van der Waals surface area contributed by atoms with E-state index in [0.29, 0.717) is 17.2 Å². The Morgan fingerprint density at radius 3 is 2.40 bits per heavy atom. The highest BCUT2D eigenvalue weighted by molar-refractivity contribution is 7.10. The molecule has 0 aliphatic carbocycles. The van der Waals surface area contributed by atoms with Crippen molar-refractivity contribution in [1.29, 1.82) is 0 Å². The molecule has 1 unspecified atom stereocenters.